The van der Waals surface area contributed by atoms with Crippen molar-refractivity contribution in [2.75, 3.05) is 5.32 Å². The second-order valence-electron chi connectivity index (χ2n) is 6.27. The Morgan fingerprint density at radius 1 is 1.27 bits per heavy atom. The van der Waals surface area contributed by atoms with Crippen LogP contribution in [0.25, 0.3) is 11.5 Å². The van der Waals surface area contributed by atoms with E-state index in [0.717, 1.165) is 16.8 Å². The van der Waals surface area contributed by atoms with Crippen LogP contribution >= 0.6 is 0 Å². The zero-order chi connectivity index (χ0) is 18.1. The van der Waals surface area contributed by atoms with E-state index in [1.807, 2.05) is 25.1 Å². The van der Waals surface area contributed by atoms with Gasteiger partial charge in [-0.3, -0.25) is 9.59 Å². The minimum absolute atomic E-state index is 0.0885. The third-order valence-electron chi connectivity index (χ3n) is 4.34. The lowest BCUT2D eigenvalue weighted by Gasteiger charge is -2.09. The highest BCUT2D eigenvalue weighted by Crippen LogP contribution is 2.35. The van der Waals surface area contributed by atoms with Gasteiger partial charge in [-0.25, -0.2) is 0 Å². The summed E-state index contributed by atoms with van der Waals surface area (Å²) in [6, 6.07) is 11.0. The molecule has 2 amide bonds. The number of carbonyl (C=O) groups excluding carboxylic acids is 2. The Kier molecular flexibility index (Phi) is 4.04. The normalized spacial score (nSPS) is 15.6. The standard InChI is InChI=1S/C19H17N3O4/c1-11-4-5-15-13(7-11)14(19(24)21-15)9-18(23)20-10-12-8-17(26-22-12)16-3-2-6-25-16/h2-8,14H,9-10H2,1H3,(H,20,23)(H,21,24). The molecule has 3 heterocycles. The molecule has 1 aliphatic rings. The Labute approximate surface area is 149 Å². The van der Waals surface area contributed by atoms with Gasteiger partial charge in [-0.1, -0.05) is 22.9 Å². The molecule has 1 aliphatic heterocycles. The van der Waals surface area contributed by atoms with Gasteiger partial charge in [-0.2, -0.15) is 0 Å². The molecule has 2 N–H and O–H groups in total. The topological polar surface area (TPSA) is 97.4 Å². The second-order valence-corrected chi connectivity index (χ2v) is 6.27. The molecule has 0 spiro atoms. The van der Waals surface area contributed by atoms with Gasteiger partial charge >= 0.3 is 0 Å². The van der Waals surface area contributed by atoms with E-state index in [0.29, 0.717) is 17.2 Å². The number of carbonyl (C=O) groups is 2. The number of hydrogen-bond donors (Lipinski definition) is 2. The Morgan fingerprint density at radius 2 is 2.15 bits per heavy atom. The molecule has 1 aromatic carbocycles. The maximum atomic E-state index is 12.3. The average molecular weight is 351 g/mol. The summed E-state index contributed by atoms with van der Waals surface area (Å²) in [5.41, 5.74) is 3.28. The lowest BCUT2D eigenvalue weighted by atomic mass is 9.95. The molecule has 7 nitrogen and oxygen atoms in total. The summed E-state index contributed by atoms with van der Waals surface area (Å²) in [7, 11) is 0. The smallest absolute Gasteiger partial charge is 0.232 e. The Bertz CT molecular complexity index is 959. The second kappa shape index (κ2) is 6.51. The van der Waals surface area contributed by atoms with Crippen LogP contribution < -0.4 is 10.6 Å². The van der Waals surface area contributed by atoms with Gasteiger partial charge in [0.2, 0.25) is 17.6 Å². The number of amides is 2. The van der Waals surface area contributed by atoms with Gasteiger partial charge < -0.3 is 19.6 Å². The molecule has 0 aliphatic carbocycles. The number of aromatic nitrogens is 1. The molecule has 0 radical (unpaired) electrons. The van der Waals surface area contributed by atoms with Crippen LogP contribution in [0.5, 0.6) is 0 Å². The molecule has 0 saturated carbocycles. The van der Waals surface area contributed by atoms with Crippen LogP contribution in [0.4, 0.5) is 5.69 Å². The van der Waals surface area contributed by atoms with Crippen LogP contribution in [0.1, 0.15) is 29.2 Å². The van der Waals surface area contributed by atoms with E-state index in [1.54, 1.807) is 24.5 Å². The van der Waals surface area contributed by atoms with Crippen LogP contribution in [0, 0.1) is 6.92 Å². The van der Waals surface area contributed by atoms with Crippen molar-refractivity contribution in [2.45, 2.75) is 25.8 Å². The highest BCUT2D eigenvalue weighted by molar-refractivity contribution is 6.05. The largest absolute Gasteiger partial charge is 0.461 e. The number of furan rings is 1. The zero-order valence-electron chi connectivity index (χ0n) is 14.1. The lowest BCUT2D eigenvalue weighted by molar-refractivity contribution is -0.125. The first kappa shape index (κ1) is 16.1. The third-order valence-corrected chi connectivity index (χ3v) is 4.34. The molecule has 1 unspecified atom stereocenters. The van der Waals surface area contributed by atoms with Gasteiger partial charge in [-0.15, -0.1) is 0 Å². The molecule has 3 aromatic rings. The van der Waals surface area contributed by atoms with Crippen molar-refractivity contribution in [3.8, 4) is 11.5 Å². The molecule has 132 valence electrons. The SMILES string of the molecule is Cc1ccc2c(c1)C(CC(=O)NCc1cc(-c3ccco3)on1)C(=O)N2. The number of anilines is 1. The van der Waals surface area contributed by atoms with Gasteiger partial charge in [-0.05, 0) is 30.7 Å². The van der Waals surface area contributed by atoms with E-state index in [9.17, 15) is 9.59 Å². The monoisotopic (exact) mass is 351 g/mol. The summed E-state index contributed by atoms with van der Waals surface area (Å²) in [5, 5.41) is 9.50. The highest BCUT2D eigenvalue weighted by atomic mass is 16.5. The zero-order valence-corrected chi connectivity index (χ0v) is 14.1. The Hall–Kier alpha value is -3.35. The fourth-order valence-electron chi connectivity index (χ4n) is 3.02. The molecule has 1 atom stereocenters. The van der Waals surface area contributed by atoms with Gasteiger partial charge in [0.25, 0.3) is 0 Å². The molecule has 0 saturated heterocycles. The Morgan fingerprint density at radius 3 is 2.96 bits per heavy atom. The number of nitrogens with zero attached hydrogens (tertiary/aromatic N) is 1. The number of rotatable bonds is 5. The van der Waals surface area contributed by atoms with Gasteiger partial charge in [0.15, 0.2) is 5.76 Å². The lowest BCUT2D eigenvalue weighted by Crippen LogP contribution is -2.26. The van der Waals surface area contributed by atoms with Crippen LogP contribution in [-0.2, 0) is 16.1 Å². The van der Waals surface area contributed by atoms with Crippen molar-refractivity contribution in [1.82, 2.24) is 10.5 Å². The van der Waals surface area contributed by atoms with Crippen molar-refractivity contribution in [2.24, 2.45) is 0 Å². The number of fused-ring (bicyclic) bond motifs is 1. The molecule has 26 heavy (non-hydrogen) atoms. The fourth-order valence-corrected chi connectivity index (χ4v) is 3.02. The number of nitrogens with one attached hydrogen (secondary N) is 2. The summed E-state index contributed by atoms with van der Waals surface area (Å²) in [4.78, 5) is 24.4. The van der Waals surface area contributed by atoms with E-state index in [4.69, 9.17) is 8.94 Å². The highest BCUT2D eigenvalue weighted by Gasteiger charge is 2.32. The van der Waals surface area contributed by atoms with Gasteiger partial charge in [0.1, 0.15) is 5.69 Å². The number of benzene rings is 1. The maximum Gasteiger partial charge on any atom is 0.232 e. The van der Waals surface area contributed by atoms with Gasteiger partial charge in [0, 0.05) is 18.2 Å². The van der Waals surface area contributed by atoms with Crippen LogP contribution in [0.15, 0.2) is 51.6 Å². The van der Waals surface area contributed by atoms with Crippen LogP contribution in [0.2, 0.25) is 0 Å². The summed E-state index contributed by atoms with van der Waals surface area (Å²) in [6.45, 7) is 2.18. The van der Waals surface area contributed by atoms with Crippen molar-refractivity contribution in [3.63, 3.8) is 0 Å². The van der Waals surface area contributed by atoms with Crippen molar-refractivity contribution < 1.29 is 18.5 Å². The summed E-state index contributed by atoms with van der Waals surface area (Å²) in [6.07, 6.45) is 1.64. The maximum absolute atomic E-state index is 12.3. The predicted octanol–water partition coefficient (Wildman–Crippen LogP) is 2.99. The van der Waals surface area contributed by atoms with Crippen LogP contribution in [0.3, 0.4) is 0 Å². The van der Waals surface area contributed by atoms with E-state index in [-0.39, 0.29) is 24.8 Å². The first-order valence-corrected chi connectivity index (χ1v) is 8.28. The summed E-state index contributed by atoms with van der Waals surface area (Å²) >= 11 is 0. The third kappa shape index (κ3) is 3.11. The number of aryl methyl sites for hydroxylation is 1. The van der Waals surface area contributed by atoms with E-state index in [1.165, 1.54) is 0 Å². The molecule has 7 heteroatoms. The molecular weight excluding hydrogens is 334 g/mol. The quantitative estimate of drug-likeness (QED) is 0.736. The Balaban J connectivity index is 1.38. The minimum atomic E-state index is -0.471. The minimum Gasteiger partial charge on any atom is -0.461 e. The van der Waals surface area contributed by atoms with E-state index >= 15 is 0 Å². The summed E-state index contributed by atoms with van der Waals surface area (Å²) < 4.78 is 10.4. The first-order valence-electron chi connectivity index (χ1n) is 8.28. The first-order chi connectivity index (χ1) is 12.6. The average Bonchev–Trinajstić information content (AvgIpc) is 3.34. The molecular formula is C19H17N3O4. The van der Waals surface area contributed by atoms with Crippen molar-refractivity contribution in [1.29, 1.82) is 0 Å². The van der Waals surface area contributed by atoms with E-state index in [2.05, 4.69) is 15.8 Å². The molecule has 2 aromatic heterocycles. The molecule has 4 rings (SSSR count). The summed E-state index contributed by atoms with van der Waals surface area (Å²) in [5.74, 6) is 0.230. The van der Waals surface area contributed by atoms with Crippen LogP contribution in [-0.4, -0.2) is 17.0 Å². The van der Waals surface area contributed by atoms with E-state index < -0.39 is 5.92 Å². The fraction of sp³-hybridized carbons (Fsp3) is 0.211. The van der Waals surface area contributed by atoms with Crippen molar-refractivity contribution >= 4 is 17.5 Å². The molecule has 0 fully saturated rings. The molecule has 0 bridgehead atoms. The van der Waals surface area contributed by atoms with Crippen molar-refractivity contribution in [3.05, 3.63) is 59.5 Å². The predicted molar refractivity (Wildman–Crippen MR) is 93.2 cm³/mol. The van der Waals surface area contributed by atoms with Gasteiger partial charge in [0.05, 0.1) is 18.7 Å². The number of hydrogen-bond acceptors (Lipinski definition) is 5.